The molecular formula is C40H21F3N4. The Hall–Kier alpha value is -6.39. The summed E-state index contributed by atoms with van der Waals surface area (Å²) in [7, 11) is 0. The Morgan fingerprint density at radius 2 is 1.04 bits per heavy atom. The van der Waals surface area contributed by atoms with E-state index in [9.17, 15) is 18.4 Å². The monoisotopic (exact) mass is 614 g/mol. The van der Waals surface area contributed by atoms with Crippen molar-refractivity contribution in [1.29, 1.82) is 5.26 Å². The zero-order valence-corrected chi connectivity index (χ0v) is 24.5. The van der Waals surface area contributed by atoms with E-state index in [1.54, 1.807) is 24.3 Å². The van der Waals surface area contributed by atoms with E-state index < -0.39 is 17.5 Å². The molecule has 0 aliphatic rings. The third-order valence-corrected chi connectivity index (χ3v) is 8.27. The van der Waals surface area contributed by atoms with Gasteiger partial charge in [-0.25, -0.2) is 28.1 Å². The van der Waals surface area contributed by atoms with Gasteiger partial charge < -0.3 is 0 Å². The van der Waals surface area contributed by atoms with Crippen LogP contribution >= 0.6 is 0 Å². The van der Waals surface area contributed by atoms with Gasteiger partial charge in [-0.1, -0.05) is 97.1 Å². The van der Waals surface area contributed by atoms with Crippen molar-refractivity contribution in [1.82, 2.24) is 15.0 Å². The second-order valence-electron chi connectivity index (χ2n) is 11.1. The molecule has 2 aromatic heterocycles. The van der Waals surface area contributed by atoms with Crippen molar-refractivity contribution in [3.63, 3.8) is 0 Å². The van der Waals surface area contributed by atoms with Crippen molar-refractivity contribution in [2.45, 2.75) is 0 Å². The number of halogens is 3. The van der Waals surface area contributed by atoms with Gasteiger partial charge in [-0.2, -0.15) is 5.26 Å². The smallest absolute Gasteiger partial charge is 0.194 e. The Kier molecular flexibility index (Phi) is 6.70. The molecular weight excluding hydrogens is 593 g/mol. The van der Waals surface area contributed by atoms with Crippen LogP contribution in [0.5, 0.6) is 0 Å². The predicted octanol–water partition coefficient (Wildman–Crippen LogP) is 10.3. The van der Waals surface area contributed by atoms with E-state index in [-0.39, 0.29) is 5.56 Å². The van der Waals surface area contributed by atoms with Crippen LogP contribution in [0.25, 0.3) is 77.6 Å². The van der Waals surface area contributed by atoms with Crippen LogP contribution < -0.4 is 0 Å². The van der Waals surface area contributed by atoms with Crippen molar-refractivity contribution in [3.05, 3.63) is 150 Å². The summed E-state index contributed by atoms with van der Waals surface area (Å²) >= 11 is 0. The van der Waals surface area contributed by atoms with Crippen molar-refractivity contribution in [2.75, 3.05) is 0 Å². The fraction of sp³-hybridized carbons (Fsp3) is 0. The van der Waals surface area contributed by atoms with E-state index >= 15 is 0 Å². The van der Waals surface area contributed by atoms with Crippen LogP contribution in [0.3, 0.4) is 0 Å². The normalized spacial score (nSPS) is 11.3. The van der Waals surface area contributed by atoms with Crippen LogP contribution in [0.1, 0.15) is 5.56 Å². The number of nitriles is 1. The van der Waals surface area contributed by atoms with Crippen molar-refractivity contribution in [2.24, 2.45) is 0 Å². The van der Waals surface area contributed by atoms with Crippen LogP contribution in [0, 0.1) is 28.8 Å². The average molecular weight is 615 g/mol. The maximum atomic E-state index is 14.2. The Balaban J connectivity index is 1.48. The molecule has 0 fully saturated rings. The molecule has 0 saturated carbocycles. The summed E-state index contributed by atoms with van der Waals surface area (Å²) in [5.74, 6) is -4.08. The molecule has 0 radical (unpaired) electrons. The predicted molar refractivity (Wildman–Crippen MR) is 179 cm³/mol. The maximum absolute atomic E-state index is 14.2. The second-order valence-corrected chi connectivity index (χ2v) is 11.1. The minimum Gasteiger partial charge on any atom is -0.247 e. The van der Waals surface area contributed by atoms with Crippen LogP contribution in [-0.2, 0) is 0 Å². The average Bonchev–Trinajstić information content (AvgIpc) is 3.13. The highest BCUT2D eigenvalue weighted by molar-refractivity contribution is 6.22. The Labute approximate surface area is 267 Å². The van der Waals surface area contributed by atoms with E-state index in [2.05, 4.69) is 6.07 Å². The molecule has 2 heterocycles. The lowest BCUT2D eigenvalue weighted by Gasteiger charge is -2.16. The molecule has 6 aromatic carbocycles. The molecule has 4 nitrogen and oxygen atoms in total. The number of benzene rings is 6. The Morgan fingerprint density at radius 3 is 1.72 bits per heavy atom. The summed E-state index contributed by atoms with van der Waals surface area (Å²) in [6.45, 7) is 0. The molecule has 0 aliphatic carbocycles. The quantitative estimate of drug-likeness (QED) is 0.146. The molecule has 8 aromatic rings. The maximum Gasteiger partial charge on any atom is 0.194 e. The van der Waals surface area contributed by atoms with Crippen LogP contribution in [0.2, 0.25) is 0 Å². The molecule has 47 heavy (non-hydrogen) atoms. The Morgan fingerprint density at radius 1 is 0.468 bits per heavy atom. The molecule has 0 N–H and O–H groups in total. The van der Waals surface area contributed by atoms with Gasteiger partial charge in [0.05, 0.1) is 45.3 Å². The highest BCUT2D eigenvalue weighted by Gasteiger charge is 2.22. The molecule has 0 atom stereocenters. The van der Waals surface area contributed by atoms with E-state index in [1.165, 1.54) is 0 Å². The molecule has 0 amide bonds. The van der Waals surface area contributed by atoms with Gasteiger partial charge >= 0.3 is 0 Å². The van der Waals surface area contributed by atoms with Gasteiger partial charge in [-0.15, -0.1) is 0 Å². The zero-order chi connectivity index (χ0) is 32.1. The third-order valence-electron chi connectivity index (χ3n) is 8.27. The number of hydrogen-bond donors (Lipinski definition) is 0. The molecule has 0 bridgehead atoms. The summed E-state index contributed by atoms with van der Waals surface area (Å²) in [5.41, 5.74) is 7.10. The van der Waals surface area contributed by atoms with Crippen LogP contribution in [-0.4, -0.2) is 15.0 Å². The fourth-order valence-corrected chi connectivity index (χ4v) is 6.12. The molecule has 0 saturated heterocycles. The number of rotatable bonds is 4. The molecule has 0 unspecified atom stereocenters. The topological polar surface area (TPSA) is 62.5 Å². The number of fused-ring (bicyclic) bond motifs is 5. The van der Waals surface area contributed by atoms with Gasteiger partial charge in [0.1, 0.15) is 0 Å². The largest absolute Gasteiger partial charge is 0.247 e. The number of hydrogen-bond acceptors (Lipinski definition) is 4. The second kappa shape index (κ2) is 11.2. The summed E-state index contributed by atoms with van der Waals surface area (Å²) in [6.07, 6.45) is 0. The van der Waals surface area contributed by atoms with Gasteiger partial charge in [0.15, 0.2) is 17.5 Å². The van der Waals surface area contributed by atoms with Gasteiger partial charge in [-0.3, -0.25) is 0 Å². The van der Waals surface area contributed by atoms with Gasteiger partial charge in [0.2, 0.25) is 0 Å². The standard InChI is InChI=1S/C40H21F3N4/c41-30-19-27(20-31(42)36(30)43)25-14-9-15-26(18-25)37-34-28(22-44)21-33-40(35(34)29-16-7-8-17-32(29)45-37)47-39(24-12-5-2-6-13-24)38(46-33)23-10-3-1-4-11-23/h1-21H. The van der Waals surface area contributed by atoms with Crippen LogP contribution in [0.4, 0.5) is 13.2 Å². The summed E-state index contributed by atoms with van der Waals surface area (Å²) in [6, 6.07) is 40.3. The van der Waals surface area contributed by atoms with Gasteiger partial charge in [0.25, 0.3) is 0 Å². The van der Waals surface area contributed by atoms with E-state index in [0.717, 1.165) is 28.6 Å². The first-order valence-corrected chi connectivity index (χ1v) is 14.8. The van der Waals surface area contributed by atoms with E-state index in [1.807, 2.05) is 91.0 Å². The van der Waals surface area contributed by atoms with Gasteiger partial charge in [-0.05, 0) is 41.5 Å². The lowest BCUT2D eigenvalue weighted by atomic mass is 9.93. The SMILES string of the molecule is N#Cc1cc2nc(-c3ccccc3)c(-c3ccccc3)nc2c2c1c(-c1cccc(-c3cc(F)c(F)c(F)c3)c1)nc1ccccc12. The molecule has 222 valence electrons. The number of aromatic nitrogens is 3. The van der Waals surface area contributed by atoms with Crippen molar-refractivity contribution < 1.29 is 13.2 Å². The van der Waals surface area contributed by atoms with Crippen molar-refractivity contribution >= 4 is 32.7 Å². The minimum atomic E-state index is -1.52. The van der Waals surface area contributed by atoms with Gasteiger partial charge in [0, 0.05) is 32.8 Å². The summed E-state index contributed by atoms with van der Waals surface area (Å²) < 4.78 is 42.2. The molecule has 8 rings (SSSR count). The first kappa shape index (κ1) is 28.1. The first-order chi connectivity index (χ1) is 23.0. The summed E-state index contributed by atoms with van der Waals surface area (Å²) in [4.78, 5) is 15.4. The van der Waals surface area contributed by atoms with Crippen LogP contribution in [0.15, 0.2) is 127 Å². The van der Waals surface area contributed by atoms with E-state index in [0.29, 0.717) is 61.1 Å². The Bertz CT molecular complexity index is 2540. The van der Waals surface area contributed by atoms with E-state index in [4.69, 9.17) is 15.0 Å². The highest BCUT2D eigenvalue weighted by atomic mass is 19.2. The number of para-hydroxylation sites is 1. The zero-order valence-electron chi connectivity index (χ0n) is 24.5. The number of pyridine rings is 1. The molecule has 7 heteroatoms. The number of nitrogens with zero attached hydrogens (tertiary/aromatic N) is 4. The third kappa shape index (κ3) is 4.75. The lowest BCUT2D eigenvalue weighted by Crippen LogP contribution is -2.00. The van der Waals surface area contributed by atoms with Crippen molar-refractivity contribution in [3.8, 4) is 51.0 Å². The summed E-state index contributed by atoms with van der Waals surface area (Å²) in [5, 5.41) is 12.6. The lowest BCUT2D eigenvalue weighted by molar-refractivity contribution is 0.448. The first-order valence-electron chi connectivity index (χ1n) is 14.8. The minimum absolute atomic E-state index is 0.172. The fourth-order valence-electron chi connectivity index (χ4n) is 6.12. The molecule has 0 spiro atoms. The highest BCUT2D eigenvalue weighted by Crippen LogP contribution is 2.41. The molecule has 0 aliphatic heterocycles.